The van der Waals surface area contributed by atoms with Crippen molar-refractivity contribution in [3.63, 3.8) is 0 Å². The summed E-state index contributed by atoms with van der Waals surface area (Å²) in [5.41, 5.74) is 0.139. The number of hydrogen-bond donors (Lipinski definition) is 1. The van der Waals surface area contributed by atoms with Gasteiger partial charge in [0.2, 0.25) is 5.91 Å². The number of aromatic nitrogens is 2. The monoisotopic (exact) mass is 476 g/mol. The van der Waals surface area contributed by atoms with E-state index in [1.54, 1.807) is 41.4 Å². The fourth-order valence-electron chi connectivity index (χ4n) is 4.59. The van der Waals surface area contributed by atoms with Crippen molar-refractivity contribution in [2.24, 2.45) is 17.8 Å². The number of rotatable bonds is 6. The summed E-state index contributed by atoms with van der Waals surface area (Å²) in [6.07, 6.45) is 0.235. The van der Waals surface area contributed by atoms with Gasteiger partial charge in [0, 0.05) is 37.3 Å². The number of anilines is 1. The number of nitrogens with zero attached hydrogens (tertiary/aromatic N) is 3. The van der Waals surface area contributed by atoms with E-state index in [4.69, 9.17) is 4.74 Å². The van der Waals surface area contributed by atoms with Crippen molar-refractivity contribution in [2.75, 3.05) is 25.0 Å². The highest BCUT2D eigenvalue weighted by Gasteiger charge is 2.43. The van der Waals surface area contributed by atoms with Crippen LogP contribution in [0.3, 0.4) is 0 Å². The second-order valence-corrected chi connectivity index (χ2v) is 8.86. The van der Waals surface area contributed by atoms with Crippen LogP contribution in [0.25, 0.3) is 0 Å². The summed E-state index contributed by atoms with van der Waals surface area (Å²) in [5.74, 6) is -1.31. The number of carbonyl (C=O) groups excluding carboxylic acids is 2. The lowest BCUT2D eigenvalue weighted by Crippen LogP contribution is -2.38. The van der Waals surface area contributed by atoms with E-state index in [0.29, 0.717) is 31.3 Å². The smallest absolute Gasteiger partial charge is 0.391 e. The maximum atomic E-state index is 12.9. The molecule has 1 unspecified atom stereocenters. The Balaban J connectivity index is 1.28. The van der Waals surface area contributed by atoms with E-state index in [-0.39, 0.29) is 49.1 Å². The molecule has 2 aromatic rings. The van der Waals surface area contributed by atoms with Crippen LogP contribution in [0.15, 0.2) is 42.7 Å². The van der Waals surface area contributed by atoms with E-state index in [0.717, 1.165) is 6.42 Å². The summed E-state index contributed by atoms with van der Waals surface area (Å²) in [6.45, 7) is 1.36. The van der Waals surface area contributed by atoms with Gasteiger partial charge >= 0.3 is 6.18 Å². The van der Waals surface area contributed by atoms with Gasteiger partial charge < -0.3 is 15.0 Å². The van der Waals surface area contributed by atoms with Crippen LogP contribution < -0.4 is 10.1 Å². The molecule has 0 aromatic carbocycles. The largest absolute Gasteiger partial charge is 0.491 e. The Morgan fingerprint density at radius 2 is 1.79 bits per heavy atom. The van der Waals surface area contributed by atoms with Crippen molar-refractivity contribution in [1.29, 1.82) is 0 Å². The van der Waals surface area contributed by atoms with Crippen LogP contribution >= 0.6 is 0 Å². The average molecular weight is 476 g/mol. The minimum Gasteiger partial charge on any atom is -0.491 e. The van der Waals surface area contributed by atoms with Crippen LogP contribution in [0.2, 0.25) is 0 Å². The quantitative estimate of drug-likeness (QED) is 0.671. The van der Waals surface area contributed by atoms with Crippen molar-refractivity contribution < 1.29 is 27.5 Å². The third-order valence-electron chi connectivity index (χ3n) is 6.50. The first-order valence-electron chi connectivity index (χ1n) is 11.5. The van der Waals surface area contributed by atoms with Crippen LogP contribution in [0.1, 0.15) is 42.6 Å². The minimum absolute atomic E-state index is 0.0185. The van der Waals surface area contributed by atoms with Crippen molar-refractivity contribution in [3.05, 3.63) is 48.4 Å². The zero-order valence-corrected chi connectivity index (χ0v) is 18.6. The Labute approximate surface area is 195 Å². The van der Waals surface area contributed by atoms with E-state index in [1.165, 1.54) is 6.20 Å². The number of alkyl halides is 3. The molecule has 1 saturated carbocycles. The maximum Gasteiger partial charge on any atom is 0.391 e. The molecule has 0 radical (unpaired) electrons. The topological polar surface area (TPSA) is 84.4 Å². The first-order chi connectivity index (χ1) is 16.3. The molecule has 1 aliphatic carbocycles. The van der Waals surface area contributed by atoms with E-state index in [2.05, 4.69) is 15.3 Å². The molecular weight excluding hydrogens is 449 g/mol. The Morgan fingerprint density at radius 3 is 2.50 bits per heavy atom. The lowest BCUT2D eigenvalue weighted by molar-refractivity contribution is -0.185. The Kier molecular flexibility index (Phi) is 7.33. The van der Waals surface area contributed by atoms with Gasteiger partial charge in [-0.15, -0.1) is 0 Å². The zero-order chi connectivity index (χ0) is 24.1. The van der Waals surface area contributed by atoms with Crippen LogP contribution in [-0.2, 0) is 4.79 Å². The highest BCUT2D eigenvalue weighted by atomic mass is 19.4. The lowest BCUT2D eigenvalue weighted by atomic mass is 9.81. The molecule has 34 heavy (non-hydrogen) atoms. The second kappa shape index (κ2) is 10.4. The van der Waals surface area contributed by atoms with Crippen LogP contribution in [0.5, 0.6) is 5.75 Å². The average Bonchev–Trinajstić information content (AvgIpc) is 3.32. The molecule has 0 spiro atoms. The molecule has 7 nitrogen and oxygen atoms in total. The van der Waals surface area contributed by atoms with Gasteiger partial charge in [-0.05, 0) is 56.4 Å². The van der Waals surface area contributed by atoms with Gasteiger partial charge in [0.25, 0.3) is 5.91 Å². The van der Waals surface area contributed by atoms with E-state index < -0.39 is 18.0 Å². The molecule has 182 valence electrons. The van der Waals surface area contributed by atoms with Crippen LogP contribution in [-0.4, -0.2) is 52.6 Å². The highest BCUT2D eigenvalue weighted by Crippen LogP contribution is 2.40. The van der Waals surface area contributed by atoms with E-state index in [1.807, 2.05) is 0 Å². The normalized spacial score (nSPS) is 22.9. The number of halogens is 3. The highest BCUT2D eigenvalue weighted by molar-refractivity contribution is 6.04. The van der Waals surface area contributed by atoms with Crippen molar-refractivity contribution in [2.45, 2.75) is 38.3 Å². The number of carbonyl (C=O) groups is 2. The molecule has 1 saturated heterocycles. The molecule has 4 rings (SSSR count). The first-order valence-corrected chi connectivity index (χ1v) is 11.5. The molecule has 1 N–H and O–H groups in total. The summed E-state index contributed by atoms with van der Waals surface area (Å²) in [5, 5.41) is 2.68. The molecule has 2 amide bonds. The number of nitrogens with one attached hydrogen (secondary N) is 1. The molecule has 1 atom stereocenters. The van der Waals surface area contributed by atoms with Crippen molar-refractivity contribution in [3.8, 4) is 5.75 Å². The predicted molar refractivity (Wildman–Crippen MR) is 118 cm³/mol. The fraction of sp³-hybridized carbons (Fsp3) is 0.500. The van der Waals surface area contributed by atoms with Gasteiger partial charge in [0.15, 0.2) is 11.4 Å². The molecule has 1 aliphatic heterocycles. The van der Waals surface area contributed by atoms with E-state index >= 15 is 0 Å². The molecule has 2 aliphatic rings. The lowest BCUT2D eigenvalue weighted by Gasteiger charge is -2.31. The van der Waals surface area contributed by atoms with Gasteiger partial charge in [-0.1, -0.05) is 6.07 Å². The third-order valence-corrected chi connectivity index (χ3v) is 6.50. The first kappa shape index (κ1) is 24.0. The summed E-state index contributed by atoms with van der Waals surface area (Å²) in [6, 6.07) is 8.51. The summed E-state index contributed by atoms with van der Waals surface area (Å²) in [7, 11) is 0. The standard InChI is InChI=1S/C24H27F3N4O3/c25-24(26,27)18-8-6-17(7-9-18)23(33)31-13-10-16(14-31)15-34-19-4-3-12-29-21(19)22(32)30-20-5-1-2-11-28-20/h1-5,11-12,16-18H,6-10,13-15H2,(H,28,30,32)/t16?,17-,18-. The number of amides is 2. The minimum atomic E-state index is -4.18. The van der Waals surface area contributed by atoms with Gasteiger partial charge in [-0.3, -0.25) is 9.59 Å². The molecule has 10 heteroatoms. The maximum absolute atomic E-state index is 12.9. The van der Waals surface area contributed by atoms with Gasteiger partial charge in [-0.25, -0.2) is 9.97 Å². The van der Waals surface area contributed by atoms with E-state index in [9.17, 15) is 22.8 Å². The molecule has 2 aromatic heterocycles. The number of pyridine rings is 2. The predicted octanol–water partition coefficient (Wildman–Crippen LogP) is 4.32. The number of likely N-dealkylation sites (tertiary alicyclic amines) is 1. The third kappa shape index (κ3) is 5.84. The summed E-state index contributed by atoms with van der Waals surface area (Å²) >= 11 is 0. The van der Waals surface area contributed by atoms with Gasteiger partial charge in [0.1, 0.15) is 5.82 Å². The summed E-state index contributed by atoms with van der Waals surface area (Å²) < 4.78 is 44.6. The zero-order valence-electron chi connectivity index (χ0n) is 18.6. The fourth-order valence-corrected chi connectivity index (χ4v) is 4.59. The second-order valence-electron chi connectivity index (χ2n) is 8.86. The van der Waals surface area contributed by atoms with Crippen LogP contribution in [0, 0.1) is 17.8 Å². The summed E-state index contributed by atoms with van der Waals surface area (Å²) in [4.78, 5) is 35.4. The van der Waals surface area contributed by atoms with Gasteiger partial charge in [0.05, 0.1) is 12.5 Å². The van der Waals surface area contributed by atoms with Crippen molar-refractivity contribution in [1.82, 2.24) is 14.9 Å². The molecule has 0 bridgehead atoms. The molecular formula is C24H27F3N4O3. The Bertz CT molecular complexity index is 994. The Hall–Kier alpha value is -3.17. The van der Waals surface area contributed by atoms with Crippen molar-refractivity contribution >= 4 is 17.6 Å². The number of hydrogen-bond acceptors (Lipinski definition) is 5. The molecule has 2 fully saturated rings. The number of ether oxygens (including phenoxy) is 1. The van der Waals surface area contributed by atoms with Gasteiger partial charge in [-0.2, -0.15) is 13.2 Å². The van der Waals surface area contributed by atoms with Crippen LogP contribution in [0.4, 0.5) is 19.0 Å². The Morgan fingerprint density at radius 1 is 1.03 bits per heavy atom. The molecule has 3 heterocycles. The SMILES string of the molecule is O=C(Nc1ccccn1)c1ncccc1OCC1CCN(C(=O)[C@H]2CC[C@H](C(F)(F)F)CC2)C1.